The molecule has 0 atom stereocenters. The minimum absolute atomic E-state index is 0.0722. The van der Waals surface area contributed by atoms with E-state index in [0.29, 0.717) is 5.69 Å². The second-order valence-electron chi connectivity index (χ2n) is 4.67. The van der Waals surface area contributed by atoms with E-state index >= 15 is 0 Å². The fourth-order valence-electron chi connectivity index (χ4n) is 1.98. The Labute approximate surface area is 131 Å². The summed E-state index contributed by atoms with van der Waals surface area (Å²) >= 11 is 0. The number of aromatic nitrogens is 2. The lowest BCUT2D eigenvalue weighted by Crippen LogP contribution is -2.14. The van der Waals surface area contributed by atoms with E-state index in [4.69, 9.17) is 0 Å². The van der Waals surface area contributed by atoms with Gasteiger partial charge in [-0.25, -0.2) is 21.9 Å². The third-order valence-electron chi connectivity index (χ3n) is 3.09. The third-order valence-corrected chi connectivity index (χ3v) is 4.47. The molecule has 118 valence electrons. The molecule has 0 radical (unpaired) electrons. The van der Waals surface area contributed by atoms with E-state index in [1.165, 1.54) is 12.1 Å². The number of rotatable bonds is 4. The molecular formula is C15H11F2N3O2S. The number of nitrogens with one attached hydrogen (secondary N) is 1. The number of sulfonamides is 1. The number of benzene rings is 2. The molecule has 0 saturated heterocycles. The Hall–Kier alpha value is -2.74. The molecule has 0 saturated carbocycles. The van der Waals surface area contributed by atoms with Gasteiger partial charge in [0, 0.05) is 18.5 Å². The van der Waals surface area contributed by atoms with E-state index < -0.39 is 27.3 Å². The van der Waals surface area contributed by atoms with Crippen molar-refractivity contribution in [1.29, 1.82) is 0 Å². The Balaban J connectivity index is 1.89. The minimum atomic E-state index is -4.02. The monoisotopic (exact) mass is 335 g/mol. The van der Waals surface area contributed by atoms with Crippen LogP contribution in [0, 0.1) is 11.6 Å². The van der Waals surface area contributed by atoms with Crippen LogP contribution in [0.2, 0.25) is 0 Å². The average Bonchev–Trinajstić information content (AvgIpc) is 3.05. The van der Waals surface area contributed by atoms with Crippen molar-refractivity contribution in [3.8, 4) is 5.69 Å². The highest BCUT2D eigenvalue weighted by Gasteiger charge is 2.17. The summed E-state index contributed by atoms with van der Waals surface area (Å²) in [5.74, 6) is -1.60. The molecule has 0 aliphatic carbocycles. The Kier molecular flexibility index (Phi) is 3.83. The fourth-order valence-corrected chi connectivity index (χ4v) is 3.04. The molecule has 0 fully saturated rings. The smallest absolute Gasteiger partial charge is 0.261 e. The Bertz CT molecular complexity index is 924. The van der Waals surface area contributed by atoms with E-state index in [-0.39, 0.29) is 4.90 Å². The van der Waals surface area contributed by atoms with E-state index in [1.54, 1.807) is 35.3 Å². The van der Waals surface area contributed by atoms with Gasteiger partial charge in [0.1, 0.15) is 11.6 Å². The summed E-state index contributed by atoms with van der Waals surface area (Å²) in [6.45, 7) is 0. The van der Waals surface area contributed by atoms with Crippen molar-refractivity contribution in [1.82, 2.24) is 9.78 Å². The van der Waals surface area contributed by atoms with Gasteiger partial charge in [0.15, 0.2) is 0 Å². The van der Waals surface area contributed by atoms with E-state index in [9.17, 15) is 17.2 Å². The van der Waals surface area contributed by atoms with Crippen LogP contribution in [-0.4, -0.2) is 18.2 Å². The summed E-state index contributed by atoms with van der Waals surface area (Å²) < 4.78 is 54.8. The van der Waals surface area contributed by atoms with Crippen molar-refractivity contribution in [3.05, 3.63) is 72.6 Å². The molecule has 3 aromatic rings. The first kappa shape index (κ1) is 15.2. The maximum atomic E-state index is 13.6. The molecule has 0 amide bonds. The van der Waals surface area contributed by atoms with Crippen LogP contribution in [0.5, 0.6) is 0 Å². The molecule has 1 heterocycles. The SMILES string of the molecule is O=S(=O)(Nc1cc(F)ccc1F)c1ccc(-n2cccn2)cc1. The van der Waals surface area contributed by atoms with Gasteiger partial charge in [-0.05, 0) is 42.5 Å². The molecule has 23 heavy (non-hydrogen) atoms. The van der Waals surface area contributed by atoms with Gasteiger partial charge in [-0.2, -0.15) is 5.10 Å². The molecule has 3 rings (SSSR count). The van der Waals surface area contributed by atoms with Crippen molar-refractivity contribution in [3.63, 3.8) is 0 Å². The lowest BCUT2D eigenvalue weighted by Gasteiger charge is -2.10. The molecule has 0 unspecified atom stereocenters. The lowest BCUT2D eigenvalue weighted by atomic mass is 10.3. The van der Waals surface area contributed by atoms with Gasteiger partial charge in [-0.15, -0.1) is 0 Å². The molecule has 1 aromatic heterocycles. The summed E-state index contributed by atoms with van der Waals surface area (Å²) in [6.07, 6.45) is 3.31. The number of hydrogen-bond donors (Lipinski definition) is 1. The second kappa shape index (κ2) is 5.81. The number of halogens is 2. The predicted octanol–water partition coefficient (Wildman–Crippen LogP) is 2.95. The summed E-state index contributed by atoms with van der Waals surface area (Å²) in [5, 5.41) is 4.03. The Morgan fingerprint density at radius 3 is 2.43 bits per heavy atom. The zero-order chi connectivity index (χ0) is 16.4. The Morgan fingerprint density at radius 1 is 1.04 bits per heavy atom. The summed E-state index contributed by atoms with van der Waals surface area (Å²) in [5.41, 5.74) is 0.229. The molecule has 0 spiro atoms. The van der Waals surface area contributed by atoms with Gasteiger partial charge in [0.05, 0.1) is 16.3 Å². The van der Waals surface area contributed by atoms with Crippen LogP contribution in [0.25, 0.3) is 5.69 Å². The van der Waals surface area contributed by atoms with Crippen molar-refractivity contribution in [2.24, 2.45) is 0 Å². The first-order valence-electron chi connectivity index (χ1n) is 6.54. The van der Waals surface area contributed by atoms with Crippen molar-refractivity contribution in [2.75, 3.05) is 4.72 Å². The highest BCUT2D eigenvalue weighted by molar-refractivity contribution is 7.92. The number of anilines is 1. The lowest BCUT2D eigenvalue weighted by molar-refractivity contribution is 0.594. The summed E-state index contributed by atoms with van der Waals surface area (Å²) in [6, 6.07) is 10.1. The van der Waals surface area contributed by atoms with E-state index in [0.717, 1.165) is 18.2 Å². The molecule has 8 heteroatoms. The topological polar surface area (TPSA) is 64.0 Å². The van der Waals surface area contributed by atoms with Gasteiger partial charge >= 0.3 is 0 Å². The maximum Gasteiger partial charge on any atom is 0.261 e. The van der Waals surface area contributed by atoms with Crippen LogP contribution < -0.4 is 4.72 Å². The van der Waals surface area contributed by atoms with Crippen molar-refractivity contribution < 1.29 is 17.2 Å². The quantitative estimate of drug-likeness (QED) is 0.797. The molecular weight excluding hydrogens is 324 g/mol. The van der Waals surface area contributed by atoms with Crippen LogP contribution in [-0.2, 0) is 10.0 Å². The molecule has 0 aliphatic rings. The number of nitrogens with zero attached hydrogens (tertiary/aromatic N) is 2. The van der Waals surface area contributed by atoms with Crippen molar-refractivity contribution >= 4 is 15.7 Å². The van der Waals surface area contributed by atoms with Crippen LogP contribution in [0.4, 0.5) is 14.5 Å². The van der Waals surface area contributed by atoms with Gasteiger partial charge in [-0.1, -0.05) is 0 Å². The molecule has 2 aromatic carbocycles. The van der Waals surface area contributed by atoms with E-state index in [1.807, 2.05) is 4.72 Å². The summed E-state index contributed by atoms with van der Waals surface area (Å²) in [7, 11) is -4.02. The molecule has 5 nitrogen and oxygen atoms in total. The first-order valence-corrected chi connectivity index (χ1v) is 8.02. The third kappa shape index (κ3) is 3.21. The summed E-state index contributed by atoms with van der Waals surface area (Å²) in [4.78, 5) is -0.0722. The zero-order valence-corrected chi connectivity index (χ0v) is 12.5. The highest BCUT2D eigenvalue weighted by Crippen LogP contribution is 2.21. The first-order chi connectivity index (χ1) is 11.0. The second-order valence-corrected chi connectivity index (χ2v) is 6.36. The Morgan fingerprint density at radius 2 is 1.78 bits per heavy atom. The van der Waals surface area contributed by atoms with Crippen molar-refractivity contribution in [2.45, 2.75) is 4.90 Å². The predicted molar refractivity (Wildman–Crippen MR) is 80.7 cm³/mol. The van der Waals surface area contributed by atoms with Crippen LogP contribution >= 0.6 is 0 Å². The molecule has 0 aliphatic heterocycles. The standard InChI is InChI=1S/C15H11F2N3O2S/c16-11-2-7-14(17)15(10-11)19-23(21,22)13-5-3-12(4-6-13)20-9-1-8-18-20/h1-10,19H. The van der Waals surface area contributed by atoms with Crippen LogP contribution in [0.3, 0.4) is 0 Å². The average molecular weight is 335 g/mol. The maximum absolute atomic E-state index is 13.6. The molecule has 0 bridgehead atoms. The van der Waals surface area contributed by atoms with Crippen LogP contribution in [0.15, 0.2) is 65.8 Å². The normalized spacial score (nSPS) is 11.4. The van der Waals surface area contributed by atoms with Gasteiger partial charge in [0.2, 0.25) is 0 Å². The zero-order valence-electron chi connectivity index (χ0n) is 11.6. The van der Waals surface area contributed by atoms with Gasteiger partial charge < -0.3 is 0 Å². The van der Waals surface area contributed by atoms with E-state index in [2.05, 4.69) is 5.10 Å². The van der Waals surface area contributed by atoms with Crippen LogP contribution in [0.1, 0.15) is 0 Å². The number of hydrogen-bond acceptors (Lipinski definition) is 3. The molecule has 1 N–H and O–H groups in total. The van der Waals surface area contributed by atoms with Gasteiger partial charge in [-0.3, -0.25) is 4.72 Å². The minimum Gasteiger partial charge on any atom is -0.277 e. The largest absolute Gasteiger partial charge is 0.277 e. The fraction of sp³-hybridized carbons (Fsp3) is 0. The van der Waals surface area contributed by atoms with Gasteiger partial charge in [0.25, 0.3) is 10.0 Å². The highest BCUT2D eigenvalue weighted by atomic mass is 32.2.